The Labute approximate surface area is 96.8 Å². The molecular weight excluding hydrogens is 202 g/mol. The Bertz CT molecular complexity index is 303. The number of nitrogens with one attached hydrogen (secondary N) is 1. The van der Waals surface area contributed by atoms with E-state index in [-0.39, 0.29) is 0 Å². The fourth-order valence-electron chi connectivity index (χ4n) is 2.13. The third-order valence-corrected chi connectivity index (χ3v) is 2.98. The van der Waals surface area contributed by atoms with Crippen molar-refractivity contribution in [2.24, 2.45) is 7.05 Å². The number of hydrogen-bond donors (Lipinski definition) is 1. The van der Waals surface area contributed by atoms with Gasteiger partial charge in [-0.1, -0.05) is 5.21 Å². The van der Waals surface area contributed by atoms with Gasteiger partial charge in [-0.05, 0) is 45.4 Å². The van der Waals surface area contributed by atoms with Gasteiger partial charge in [-0.15, -0.1) is 5.10 Å². The number of rotatable bonds is 6. The normalized spacial score (nSPS) is 17.1. The van der Waals surface area contributed by atoms with Crippen LogP contribution in [-0.2, 0) is 13.6 Å². The predicted molar refractivity (Wildman–Crippen MR) is 63.0 cm³/mol. The highest BCUT2D eigenvalue weighted by molar-refractivity contribution is 4.90. The van der Waals surface area contributed by atoms with Crippen molar-refractivity contribution in [3.63, 3.8) is 0 Å². The second-order valence-electron chi connectivity index (χ2n) is 4.46. The first-order chi connectivity index (χ1) is 7.84. The average molecular weight is 223 g/mol. The number of hydrogen-bond acceptors (Lipinski definition) is 4. The summed E-state index contributed by atoms with van der Waals surface area (Å²) >= 11 is 0. The lowest BCUT2D eigenvalue weighted by Crippen LogP contribution is -2.24. The van der Waals surface area contributed by atoms with Crippen LogP contribution in [0.4, 0.5) is 0 Å². The zero-order chi connectivity index (χ0) is 11.2. The summed E-state index contributed by atoms with van der Waals surface area (Å²) in [5.74, 6) is 0. The molecule has 16 heavy (non-hydrogen) atoms. The van der Waals surface area contributed by atoms with E-state index < -0.39 is 0 Å². The Kier molecular flexibility index (Phi) is 4.30. The summed E-state index contributed by atoms with van der Waals surface area (Å²) in [6, 6.07) is 0. The van der Waals surface area contributed by atoms with Gasteiger partial charge in [-0.25, -0.2) is 0 Å². The zero-order valence-corrected chi connectivity index (χ0v) is 10.0. The third kappa shape index (κ3) is 3.57. The van der Waals surface area contributed by atoms with Crippen molar-refractivity contribution in [3.05, 3.63) is 11.9 Å². The molecule has 0 aliphatic carbocycles. The first kappa shape index (κ1) is 11.5. The fourth-order valence-corrected chi connectivity index (χ4v) is 2.13. The Balaban J connectivity index is 1.51. The molecule has 1 fully saturated rings. The molecule has 2 heterocycles. The lowest BCUT2D eigenvalue weighted by atomic mass is 10.3. The molecule has 0 atom stereocenters. The Morgan fingerprint density at radius 1 is 1.38 bits per heavy atom. The van der Waals surface area contributed by atoms with Gasteiger partial charge in [0.25, 0.3) is 0 Å². The predicted octanol–water partition coefficient (Wildman–Crippen LogP) is 0.391. The molecule has 5 heteroatoms. The third-order valence-electron chi connectivity index (χ3n) is 2.98. The van der Waals surface area contributed by atoms with Crippen LogP contribution in [0, 0.1) is 0 Å². The second kappa shape index (κ2) is 5.96. The van der Waals surface area contributed by atoms with Gasteiger partial charge >= 0.3 is 0 Å². The number of aryl methyl sites for hydroxylation is 1. The van der Waals surface area contributed by atoms with Crippen molar-refractivity contribution in [1.29, 1.82) is 0 Å². The van der Waals surface area contributed by atoms with Gasteiger partial charge < -0.3 is 10.2 Å². The molecule has 0 bridgehead atoms. The summed E-state index contributed by atoms with van der Waals surface area (Å²) in [6.07, 6.45) is 5.94. The van der Waals surface area contributed by atoms with E-state index in [1.54, 1.807) is 4.68 Å². The SMILES string of the molecule is Cn1cc(CNCCCN2CCCC2)nn1. The molecule has 1 saturated heterocycles. The van der Waals surface area contributed by atoms with Gasteiger partial charge in [-0.2, -0.15) is 0 Å². The maximum Gasteiger partial charge on any atom is 0.0964 e. The van der Waals surface area contributed by atoms with E-state index in [4.69, 9.17) is 0 Å². The molecule has 0 spiro atoms. The second-order valence-corrected chi connectivity index (χ2v) is 4.46. The van der Waals surface area contributed by atoms with E-state index in [0.29, 0.717) is 0 Å². The first-order valence-electron chi connectivity index (χ1n) is 6.13. The van der Waals surface area contributed by atoms with E-state index >= 15 is 0 Å². The van der Waals surface area contributed by atoms with Crippen molar-refractivity contribution < 1.29 is 0 Å². The molecule has 0 amide bonds. The molecule has 0 radical (unpaired) electrons. The lowest BCUT2D eigenvalue weighted by Gasteiger charge is -2.13. The molecule has 0 unspecified atom stereocenters. The zero-order valence-electron chi connectivity index (χ0n) is 10.0. The topological polar surface area (TPSA) is 46.0 Å². The molecule has 90 valence electrons. The van der Waals surface area contributed by atoms with E-state index in [1.165, 1.54) is 38.9 Å². The van der Waals surface area contributed by atoms with Gasteiger partial charge in [0.1, 0.15) is 0 Å². The highest BCUT2D eigenvalue weighted by atomic mass is 15.4. The molecule has 2 rings (SSSR count). The largest absolute Gasteiger partial charge is 0.311 e. The van der Waals surface area contributed by atoms with Crippen LogP contribution in [0.3, 0.4) is 0 Å². The van der Waals surface area contributed by atoms with Crippen LogP contribution in [0.25, 0.3) is 0 Å². The number of likely N-dealkylation sites (tertiary alicyclic amines) is 1. The Morgan fingerprint density at radius 2 is 2.19 bits per heavy atom. The lowest BCUT2D eigenvalue weighted by molar-refractivity contribution is 0.331. The maximum atomic E-state index is 4.03. The van der Waals surface area contributed by atoms with Gasteiger partial charge in [0.05, 0.1) is 5.69 Å². The van der Waals surface area contributed by atoms with Crippen molar-refractivity contribution in [1.82, 2.24) is 25.2 Å². The van der Waals surface area contributed by atoms with Crippen LogP contribution < -0.4 is 5.32 Å². The summed E-state index contributed by atoms with van der Waals surface area (Å²) in [5.41, 5.74) is 1.02. The molecule has 1 aliphatic rings. The van der Waals surface area contributed by atoms with E-state index in [2.05, 4.69) is 20.5 Å². The van der Waals surface area contributed by atoms with Crippen molar-refractivity contribution in [2.45, 2.75) is 25.8 Å². The van der Waals surface area contributed by atoms with Crippen LogP contribution in [0.1, 0.15) is 25.0 Å². The van der Waals surface area contributed by atoms with E-state index in [1.807, 2.05) is 13.2 Å². The van der Waals surface area contributed by atoms with Gasteiger partial charge in [0.15, 0.2) is 0 Å². The molecule has 0 saturated carbocycles. The first-order valence-corrected chi connectivity index (χ1v) is 6.13. The molecule has 1 N–H and O–H groups in total. The van der Waals surface area contributed by atoms with Crippen LogP contribution in [-0.4, -0.2) is 46.1 Å². The minimum absolute atomic E-state index is 0.827. The molecular formula is C11H21N5. The van der Waals surface area contributed by atoms with Crippen molar-refractivity contribution in [2.75, 3.05) is 26.2 Å². The number of aromatic nitrogens is 3. The Morgan fingerprint density at radius 3 is 2.88 bits per heavy atom. The summed E-state index contributed by atoms with van der Waals surface area (Å²) in [6.45, 7) is 5.71. The minimum atomic E-state index is 0.827. The average Bonchev–Trinajstić information content (AvgIpc) is 2.89. The van der Waals surface area contributed by atoms with Crippen molar-refractivity contribution >= 4 is 0 Å². The fraction of sp³-hybridized carbons (Fsp3) is 0.818. The van der Waals surface area contributed by atoms with Crippen LogP contribution in [0.2, 0.25) is 0 Å². The highest BCUT2D eigenvalue weighted by Crippen LogP contribution is 2.06. The monoisotopic (exact) mass is 223 g/mol. The summed E-state index contributed by atoms with van der Waals surface area (Å²) in [7, 11) is 1.89. The smallest absolute Gasteiger partial charge is 0.0964 e. The van der Waals surface area contributed by atoms with Crippen LogP contribution in [0.5, 0.6) is 0 Å². The van der Waals surface area contributed by atoms with Gasteiger partial charge in [-0.3, -0.25) is 4.68 Å². The summed E-state index contributed by atoms with van der Waals surface area (Å²) in [5, 5.41) is 11.3. The number of nitrogens with zero attached hydrogens (tertiary/aromatic N) is 4. The standard InChI is InChI=1S/C11H21N5/c1-15-10-11(13-14-15)9-12-5-4-8-16-6-2-3-7-16/h10,12H,2-9H2,1H3. The molecule has 5 nitrogen and oxygen atoms in total. The summed E-state index contributed by atoms with van der Waals surface area (Å²) in [4.78, 5) is 2.55. The van der Waals surface area contributed by atoms with Gasteiger partial charge in [0.2, 0.25) is 0 Å². The van der Waals surface area contributed by atoms with E-state index in [0.717, 1.165) is 18.8 Å². The minimum Gasteiger partial charge on any atom is -0.311 e. The van der Waals surface area contributed by atoms with Crippen LogP contribution >= 0.6 is 0 Å². The van der Waals surface area contributed by atoms with Gasteiger partial charge in [0, 0.05) is 19.8 Å². The summed E-state index contributed by atoms with van der Waals surface area (Å²) < 4.78 is 1.74. The highest BCUT2D eigenvalue weighted by Gasteiger charge is 2.09. The quantitative estimate of drug-likeness (QED) is 0.709. The van der Waals surface area contributed by atoms with E-state index in [9.17, 15) is 0 Å². The molecule has 1 aromatic heterocycles. The molecule has 1 aromatic rings. The molecule has 1 aliphatic heterocycles. The van der Waals surface area contributed by atoms with Crippen molar-refractivity contribution in [3.8, 4) is 0 Å². The van der Waals surface area contributed by atoms with Crippen LogP contribution in [0.15, 0.2) is 6.20 Å². The maximum absolute atomic E-state index is 4.03. The Hall–Kier alpha value is -0.940. The molecule has 0 aromatic carbocycles.